The van der Waals surface area contributed by atoms with Gasteiger partial charge in [0.05, 0.1) is 13.0 Å². The van der Waals surface area contributed by atoms with Crippen molar-refractivity contribution in [3.05, 3.63) is 18.5 Å². The Morgan fingerprint density at radius 3 is 2.56 bits per heavy atom. The zero-order valence-corrected chi connectivity index (χ0v) is 14.9. The van der Waals surface area contributed by atoms with Gasteiger partial charge in [-0.15, -0.1) is 0 Å². The average molecular weight is 351 g/mol. The number of aromatic nitrogens is 2. The highest BCUT2D eigenvalue weighted by Crippen LogP contribution is 2.05. The third-order valence-corrected chi connectivity index (χ3v) is 3.80. The highest BCUT2D eigenvalue weighted by Gasteiger charge is 2.21. The van der Waals surface area contributed by atoms with Crippen molar-refractivity contribution in [1.82, 2.24) is 20.4 Å². The van der Waals surface area contributed by atoms with Crippen LogP contribution in [0.15, 0.2) is 18.5 Å². The molecule has 140 valence electrons. The van der Waals surface area contributed by atoms with Crippen LogP contribution in [0.1, 0.15) is 51.9 Å². The molecule has 0 aliphatic heterocycles. The second-order valence-electron chi connectivity index (χ2n) is 6.01. The SMILES string of the molecule is CCCCCCCC(=O)N[C@H](CC(=O)NCCn1cccn1)C(N)=O. The first-order chi connectivity index (χ1) is 12.0. The Labute approximate surface area is 148 Å². The van der Waals surface area contributed by atoms with Crippen molar-refractivity contribution >= 4 is 17.7 Å². The molecule has 8 heteroatoms. The lowest BCUT2D eigenvalue weighted by molar-refractivity contribution is -0.130. The fourth-order valence-electron chi connectivity index (χ4n) is 2.38. The van der Waals surface area contributed by atoms with Gasteiger partial charge in [-0.05, 0) is 12.5 Å². The smallest absolute Gasteiger partial charge is 0.240 e. The van der Waals surface area contributed by atoms with Crippen LogP contribution in [0.2, 0.25) is 0 Å². The molecule has 4 N–H and O–H groups in total. The van der Waals surface area contributed by atoms with E-state index >= 15 is 0 Å². The molecule has 0 aliphatic carbocycles. The van der Waals surface area contributed by atoms with Gasteiger partial charge in [0.15, 0.2) is 0 Å². The monoisotopic (exact) mass is 351 g/mol. The summed E-state index contributed by atoms with van der Waals surface area (Å²) >= 11 is 0. The summed E-state index contributed by atoms with van der Waals surface area (Å²) < 4.78 is 1.69. The van der Waals surface area contributed by atoms with Crippen molar-refractivity contribution in [3.8, 4) is 0 Å². The third-order valence-electron chi connectivity index (χ3n) is 3.80. The van der Waals surface area contributed by atoms with Crippen molar-refractivity contribution < 1.29 is 14.4 Å². The number of nitrogens with one attached hydrogen (secondary N) is 2. The van der Waals surface area contributed by atoms with Crippen LogP contribution < -0.4 is 16.4 Å². The van der Waals surface area contributed by atoms with Gasteiger partial charge in [-0.3, -0.25) is 19.1 Å². The summed E-state index contributed by atoms with van der Waals surface area (Å²) in [4.78, 5) is 35.2. The van der Waals surface area contributed by atoms with E-state index in [1.807, 2.05) is 0 Å². The molecule has 1 heterocycles. The van der Waals surface area contributed by atoms with Gasteiger partial charge < -0.3 is 16.4 Å². The van der Waals surface area contributed by atoms with E-state index in [4.69, 9.17) is 5.73 Å². The standard InChI is InChI=1S/C17H29N5O3/c1-2-3-4-5-6-8-15(23)21-14(17(18)25)13-16(24)19-10-12-22-11-7-9-20-22/h7,9,11,14H,2-6,8,10,12-13H2,1H3,(H2,18,25)(H,19,24)(H,21,23)/t14-/m1/s1. The van der Waals surface area contributed by atoms with E-state index in [1.165, 1.54) is 0 Å². The largest absolute Gasteiger partial charge is 0.368 e. The number of rotatable bonds is 13. The third kappa shape index (κ3) is 9.49. The number of carbonyl (C=O) groups excluding carboxylic acids is 3. The zero-order valence-electron chi connectivity index (χ0n) is 14.9. The summed E-state index contributed by atoms with van der Waals surface area (Å²) in [5, 5.41) is 9.26. The molecule has 0 spiro atoms. The van der Waals surface area contributed by atoms with Crippen molar-refractivity contribution in [2.45, 2.75) is 64.5 Å². The molecule has 0 aliphatic rings. The van der Waals surface area contributed by atoms with Gasteiger partial charge >= 0.3 is 0 Å². The first-order valence-corrected chi connectivity index (χ1v) is 8.85. The molecular weight excluding hydrogens is 322 g/mol. The fraction of sp³-hybridized carbons (Fsp3) is 0.647. The Morgan fingerprint density at radius 1 is 1.16 bits per heavy atom. The molecule has 0 saturated heterocycles. The minimum atomic E-state index is -0.979. The normalized spacial score (nSPS) is 11.7. The van der Waals surface area contributed by atoms with Gasteiger partial charge in [0.1, 0.15) is 6.04 Å². The molecular formula is C17H29N5O3. The maximum absolute atomic E-state index is 11.9. The Balaban J connectivity index is 2.26. The molecule has 1 rings (SSSR count). The topological polar surface area (TPSA) is 119 Å². The average Bonchev–Trinajstić information content (AvgIpc) is 3.07. The van der Waals surface area contributed by atoms with Crippen LogP contribution in [-0.4, -0.2) is 40.1 Å². The molecule has 0 bridgehead atoms. The number of hydrogen-bond donors (Lipinski definition) is 3. The number of nitrogens with zero attached hydrogens (tertiary/aromatic N) is 2. The van der Waals surface area contributed by atoms with Crippen molar-refractivity contribution in [3.63, 3.8) is 0 Å². The van der Waals surface area contributed by atoms with Crippen LogP contribution >= 0.6 is 0 Å². The zero-order chi connectivity index (χ0) is 18.5. The van der Waals surface area contributed by atoms with E-state index < -0.39 is 11.9 Å². The molecule has 0 unspecified atom stereocenters. The van der Waals surface area contributed by atoms with Crippen LogP contribution in [0, 0.1) is 0 Å². The summed E-state index contributed by atoms with van der Waals surface area (Å²) in [7, 11) is 0. The van der Waals surface area contributed by atoms with Crippen molar-refractivity contribution in [2.75, 3.05) is 6.54 Å². The van der Waals surface area contributed by atoms with E-state index in [2.05, 4.69) is 22.7 Å². The molecule has 0 fully saturated rings. The summed E-state index contributed by atoms with van der Waals surface area (Å²) in [6, 6.07) is 0.816. The molecule has 0 aromatic carbocycles. The maximum atomic E-state index is 11.9. The lowest BCUT2D eigenvalue weighted by Crippen LogP contribution is -2.47. The van der Waals surface area contributed by atoms with E-state index in [1.54, 1.807) is 23.1 Å². The van der Waals surface area contributed by atoms with E-state index in [0.717, 1.165) is 32.1 Å². The number of primary amides is 1. The molecule has 1 aromatic heterocycles. The maximum Gasteiger partial charge on any atom is 0.240 e. The van der Waals surface area contributed by atoms with Gasteiger partial charge in [-0.2, -0.15) is 5.10 Å². The van der Waals surface area contributed by atoms with Crippen LogP contribution in [0.3, 0.4) is 0 Å². The molecule has 3 amide bonds. The highest BCUT2D eigenvalue weighted by atomic mass is 16.2. The van der Waals surface area contributed by atoms with Crippen LogP contribution in [-0.2, 0) is 20.9 Å². The Bertz CT molecular complexity index is 530. The molecule has 1 atom stereocenters. The summed E-state index contributed by atoms with van der Waals surface area (Å²) in [5.41, 5.74) is 5.29. The fourth-order valence-corrected chi connectivity index (χ4v) is 2.38. The quantitative estimate of drug-likeness (QED) is 0.454. The predicted molar refractivity (Wildman–Crippen MR) is 94.4 cm³/mol. The number of hydrogen-bond acceptors (Lipinski definition) is 4. The van der Waals surface area contributed by atoms with E-state index in [-0.39, 0.29) is 18.2 Å². The second-order valence-corrected chi connectivity index (χ2v) is 6.01. The number of amides is 3. The second kappa shape index (κ2) is 12.0. The van der Waals surface area contributed by atoms with Crippen LogP contribution in [0.4, 0.5) is 0 Å². The first kappa shape index (κ1) is 20.7. The lowest BCUT2D eigenvalue weighted by Gasteiger charge is -2.15. The predicted octanol–water partition coefficient (Wildman–Crippen LogP) is 0.720. The molecule has 0 radical (unpaired) electrons. The number of nitrogens with two attached hydrogens (primary N) is 1. The number of carbonyl (C=O) groups is 3. The minimum Gasteiger partial charge on any atom is -0.368 e. The van der Waals surface area contributed by atoms with Crippen molar-refractivity contribution in [1.29, 1.82) is 0 Å². The van der Waals surface area contributed by atoms with Gasteiger partial charge in [-0.25, -0.2) is 0 Å². The Hall–Kier alpha value is -2.38. The van der Waals surface area contributed by atoms with Gasteiger partial charge in [-0.1, -0.05) is 32.6 Å². The summed E-state index contributed by atoms with van der Waals surface area (Å²) in [6.45, 7) is 3.05. The molecule has 8 nitrogen and oxygen atoms in total. The summed E-state index contributed by atoms with van der Waals surface area (Å²) in [6.07, 6.45) is 8.79. The lowest BCUT2D eigenvalue weighted by atomic mass is 10.1. The van der Waals surface area contributed by atoms with Gasteiger partial charge in [0.2, 0.25) is 17.7 Å². The Kier molecular flexibility index (Phi) is 9.96. The molecule has 25 heavy (non-hydrogen) atoms. The van der Waals surface area contributed by atoms with Crippen LogP contribution in [0.25, 0.3) is 0 Å². The molecule has 0 saturated carbocycles. The van der Waals surface area contributed by atoms with Gasteiger partial charge in [0.25, 0.3) is 0 Å². The summed E-state index contributed by atoms with van der Waals surface area (Å²) in [5.74, 6) is -1.29. The minimum absolute atomic E-state index is 0.157. The molecule has 1 aromatic rings. The highest BCUT2D eigenvalue weighted by molar-refractivity contribution is 5.91. The number of unbranched alkanes of at least 4 members (excludes halogenated alkanes) is 4. The Morgan fingerprint density at radius 2 is 1.92 bits per heavy atom. The van der Waals surface area contributed by atoms with Crippen molar-refractivity contribution in [2.24, 2.45) is 5.73 Å². The van der Waals surface area contributed by atoms with Crippen LogP contribution in [0.5, 0.6) is 0 Å². The van der Waals surface area contributed by atoms with E-state index in [9.17, 15) is 14.4 Å². The van der Waals surface area contributed by atoms with Gasteiger partial charge in [0, 0.05) is 25.4 Å². The van der Waals surface area contributed by atoms with E-state index in [0.29, 0.717) is 19.5 Å². The first-order valence-electron chi connectivity index (χ1n) is 8.85.